The molecule has 18 heavy (non-hydrogen) atoms. The molecule has 4 nitrogen and oxygen atoms in total. The molecule has 100 valence electrons. The monoisotopic (exact) mass is 361 g/mol. The van der Waals surface area contributed by atoms with E-state index in [1.54, 1.807) is 12.1 Å². The van der Waals surface area contributed by atoms with Gasteiger partial charge >= 0.3 is 0 Å². The summed E-state index contributed by atoms with van der Waals surface area (Å²) in [5, 5.41) is 15.9. The lowest BCUT2D eigenvalue weighted by molar-refractivity contribution is 0.474. The highest BCUT2D eigenvalue weighted by atomic mass is 127. The Morgan fingerprint density at radius 3 is 2.83 bits per heavy atom. The number of nitrogens with one attached hydrogen (secondary N) is 2. The van der Waals surface area contributed by atoms with E-state index in [1.165, 1.54) is 12.8 Å². The van der Waals surface area contributed by atoms with Crippen LogP contribution in [0.1, 0.15) is 25.3 Å². The van der Waals surface area contributed by atoms with Crippen LogP contribution in [0.3, 0.4) is 0 Å². The Hall–Kier alpha value is -0.980. The van der Waals surface area contributed by atoms with Crippen molar-refractivity contribution in [3.05, 3.63) is 29.8 Å². The molecular weight excluding hydrogens is 341 g/mol. The number of guanidine groups is 1. The van der Waals surface area contributed by atoms with Crippen LogP contribution in [0.25, 0.3) is 0 Å². The first-order valence-corrected chi connectivity index (χ1v) is 6.10. The lowest BCUT2D eigenvalue weighted by atomic mass is 10.2. The fourth-order valence-electron chi connectivity index (χ4n) is 1.57. The topological polar surface area (TPSA) is 56.7 Å². The van der Waals surface area contributed by atoms with Crippen molar-refractivity contribution in [3.63, 3.8) is 0 Å². The van der Waals surface area contributed by atoms with Crippen LogP contribution in [0.5, 0.6) is 5.75 Å². The van der Waals surface area contributed by atoms with Crippen molar-refractivity contribution in [1.82, 2.24) is 10.6 Å². The highest BCUT2D eigenvalue weighted by Gasteiger charge is 2.21. The second-order valence-corrected chi connectivity index (χ2v) is 4.28. The van der Waals surface area contributed by atoms with Crippen LogP contribution < -0.4 is 10.6 Å². The van der Waals surface area contributed by atoms with Crippen molar-refractivity contribution < 1.29 is 5.11 Å². The number of hydrogen-bond donors (Lipinski definition) is 3. The predicted molar refractivity (Wildman–Crippen MR) is 84.5 cm³/mol. The molecule has 5 heteroatoms. The third-order valence-electron chi connectivity index (χ3n) is 2.59. The van der Waals surface area contributed by atoms with E-state index in [1.807, 2.05) is 12.1 Å². The number of phenols is 1. The molecule has 3 N–H and O–H groups in total. The number of aliphatic imine (C=N–C) groups is 1. The van der Waals surface area contributed by atoms with Crippen molar-refractivity contribution >= 4 is 29.9 Å². The molecule has 0 aliphatic heterocycles. The van der Waals surface area contributed by atoms with E-state index in [-0.39, 0.29) is 29.7 Å². The molecule has 0 unspecified atom stereocenters. The largest absolute Gasteiger partial charge is 0.508 e. The van der Waals surface area contributed by atoms with Crippen LogP contribution in [-0.4, -0.2) is 23.7 Å². The van der Waals surface area contributed by atoms with Gasteiger partial charge in [0.2, 0.25) is 0 Å². The van der Waals surface area contributed by atoms with Gasteiger partial charge < -0.3 is 15.7 Å². The highest BCUT2D eigenvalue weighted by Crippen LogP contribution is 2.18. The Morgan fingerprint density at radius 2 is 2.22 bits per heavy atom. The van der Waals surface area contributed by atoms with Crippen molar-refractivity contribution in [1.29, 1.82) is 0 Å². The molecule has 1 aliphatic rings. The number of rotatable bonds is 4. The zero-order valence-corrected chi connectivity index (χ0v) is 12.8. The lowest BCUT2D eigenvalue weighted by Crippen LogP contribution is -2.38. The normalized spacial score (nSPS) is 14.8. The third-order valence-corrected chi connectivity index (χ3v) is 2.59. The van der Waals surface area contributed by atoms with Gasteiger partial charge in [-0.3, -0.25) is 0 Å². The zero-order chi connectivity index (χ0) is 12.1. The van der Waals surface area contributed by atoms with Gasteiger partial charge in [-0.2, -0.15) is 0 Å². The molecule has 1 aromatic carbocycles. The van der Waals surface area contributed by atoms with E-state index in [2.05, 4.69) is 22.5 Å². The number of phenolic OH excluding ortho intramolecular Hbond substituents is 1. The van der Waals surface area contributed by atoms with Crippen LogP contribution in [0, 0.1) is 0 Å². The minimum Gasteiger partial charge on any atom is -0.508 e. The van der Waals surface area contributed by atoms with Crippen LogP contribution >= 0.6 is 24.0 Å². The Kier molecular flexibility index (Phi) is 6.24. The molecule has 0 aromatic heterocycles. The average Bonchev–Trinajstić information content (AvgIpc) is 3.10. The van der Waals surface area contributed by atoms with Crippen molar-refractivity contribution in [2.24, 2.45) is 4.99 Å². The number of nitrogens with zero attached hydrogens (tertiary/aromatic N) is 1. The summed E-state index contributed by atoms with van der Waals surface area (Å²) in [5.41, 5.74) is 1.01. The highest BCUT2D eigenvalue weighted by molar-refractivity contribution is 14.0. The number of hydrogen-bond acceptors (Lipinski definition) is 2. The van der Waals surface area contributed by atoms with Gasteiger partial charge in [0.1, 0.15) is 5.75 Å². The van der Waals surface area contributed by atoms with Gasteiger partial charge in [0.25, 0.3) is 0 Å². The van der Waals surface area contributed by atoms with Crippen LogP contribution in [-0.2, 0) is 6.54 Å². The van der Waals surface area contributed by atoms with Gasteiger partial charge in [-0.15, -0.1) is 24.0 Å². The molecule has 2 rings (SSSR count). The van der Waals surface area contributed by atoms with Gasteiger partial charge in [-0.05, 0) is 37.5 Å². The molecule has 0 saturated heterocycles. The molecular formula is C13H20IN3O. The average molecular weight is 361 g/mol. The van der Waals surface area contributed by atoms with E-state index in [0.29, 0.717) is 12.6 Å². The summed E-state index contributed by atoms with van der Waals surface area (Å²) in [7, 11) is 0. The van der Waals surface area contributed by atoms with E-state index < -0.39 is 0 Å². The Morgan fingerprint density at radius 1 is 1.44 bits per heavy atom. The maximum atomic E-state index is 9.36. The fraction of sp³-hybridized carbons (Fsp3) is 0.462. The summed E-state index contributed by atoms with van der Waals surface area (Å²) in [6, 6.07) is 7.80. The number of benzene rings is 1. The first-order chi connectivity index (χ1) is 8.28. The predicted octanol–water partition coefficient (Wildman–Crippen LogP) is 2.23. The molecule has 1 fully saturated rings. The zero-order valence-electron chi connectivity index (χ0n) is 10.5. The van der Waals surface area contributed by atoms with Crippen LogP contribution in [0.15, 0.2) is 29.3 Å². The maximum Gasteiger partial charge on any atom is 0.191 e. The SMILES string of the molecule is CCNC(=NCc1cccc(O)c1)NC1CC1.I. The summed E-state index contributed by atoms with van der Waals surface area (Å²) in [5.74, 6) is 1.15. The van der Waals surface area contributed by atoms with Gasteiger partial charge in [0.15, 0.2) is 5.96 Å². The van der Waals surface area contributed by atoms with Gasteiger partial charge in [-0.1, -0.05) is 12.1 Å². The molecule has 0 bridgehead atoms. The molecule has 0 spiro atoms. The van der Waals surface area contributed by atoms with E-state index in [0.717, 1.165) is 18.1 Å². The Bertz CT molecular complexity index is 405. The fourth-order valence-corrected chi connectivity index (χ4v) is 1.57. The summed E-state index contributed by atoms with van der Waals surface area (Å²) in [6.45, 7) is 3.49. The molecule has 0 atom stereocenters. The van der Waals surface area contributed by atoms with E-state index in [9.17, 15) is 5.11 Å². The first kappa shape index (κ1) is 15.1. The molecule has 1 aromatic rings. The van der Waals surface area contributed by atoms with E-state index >= 15 is 0 Å². The summed E-state index contributed by atoms with van der Waals surface area (Å²) < 4.78 is 0. The van der Waals surface area contributed by atoms with Crippen molar-refractivity contribution in [3.8, 4) is 5.75 Å². The van der Waals surface area contributed by atoms with Crippen LogP contribution in [0.4, 0.5) is 0 Å². The lowest BCUT2D eigenvalue weighted by Gasteiger charge is -2.10. The van der Waals surface area contributed by atoms with Crippen molar-refractivity contribution in [2.45, 2.75) is 32.4 Å². The third kappa shape index (κ3) is 5.12. The smallest absolute Gasteiger partial charge is 0.191 e. The molecule has 1 aliphatic carbocycles. The summed E-state index contributed by atoms with van der Waals surface area (Å²) in [6.07, 6.45) is 2.47. The van der Waals surface area contributed by atoms with Gasteiger partial charge in [-0.25, -0.2) is 4.99 Å². The summed E-state index contributed by atoms with van der Waals surface area (Å²) in [4.78, 5) is 4.49. The first-order valence-electron chi connectivity index (χ1n) is 6.10. The van der Waals surface area contributed by atoms with Gasteiger partial charge in [0, 0.05) is 12.6 Å². The Balaban J connectivity index is 0.00000162. The molecule has 1 saturated carbocycles. The minimum absolute atomic E-state index is 0. The minimum atomic E-state index is 0. The standard InChI is InChI=1S/C13H19N3O.HI/c1-2-14-13(16-11-6-7-11)15-9-10-4-3-5-12(17)8-10;/h3-5,8,11,17H,2,6-7,9H2,1H3,(H2,14,15,16);1H. The van der Waals surface area contributed by atoms with E-state index in [4.69, 9.17) is 0 Å². The van der Waals surface area contributed by atoms with Gasteiger partial charge in [0.05, 0.1) is 6.54 Å². The second kappa shape index (κ2) is 7.45. The van der Waals surface area contributed by atoms with Crippen LogP contribution in [0.2, 0.25) is 0 Å². The number of aromatic hydroxyl groups is 1. The quantitative estimate of drug-likeness (QED) is 0.438. The summed E-state index contributed by atoms with van der Waals surface area (Å²) >= 11 is 0. The number of halogens is 1. The molecule has 0 amide bonds. The van der Waals surface area contributed by atoms with Crippen molar-refractivity contribution in [2.75, 3.05) is 6.54 Å². The Labute approximate surface area is 125 Å². The second-order valence-electron chi connectivity index (χ2n) is 4.28. The molecule has 0 radical (unpaired) electrons. The maximum absolute atomic E-state index is 9.36. The molecule has 0 heterocycles.